The van der Waals surface area contributed by atoms with Crippen LogP contribution in [0.15, 0.2) is 76.5 Å². The van der Waals surface area contributed by atoms with E-state index in [1.165, 1.54) is 44.6 Å². The Morgan fingerprint density at radius 2 is 1.50 bits per heavy atom. The van der Waals surface area contributed by atoms with Gasteiger partial charge in [0, 0.05) is 12.3 Å². The largest absolute Gasteiger partial charge is 0.497 e. The molecule has 1 atom stereocenters. The molecule has 3 rings (SSSR count). The monoisotopic (exact) mass is 560 g/mol. The lowest BCUT2D eigenvalue weighted by Crippen LogP contribution is -2.42. The van der Waals surface area contributed by atoms with E-state index in [0.717, 1.165) is 16.1 Å². The molecule has 38 heavy (non-hydrogen) atoms. The minimum Gasteiger partial charge on any atom is -0.497 e. The molecule has 0 aliphatic heterocycles. The summed E-state index contributed by atoms with van der Waals surface area (Å²) in [6.07, 6.45) is 1.62. The van der Waals surface area contributed by atoms with Crippen LogP contribution >= 0.6 is 0 Å². The van der Waals surface area contributed by atoms with Crippen molar-refractivity contribution in [3.05, 3.63) is 77.9 Å². The van der Waals surface area contributed by atoms with Gasteiger partial charge in [-0.1, -0.05) is 36.8 Å². The molecule has 0 aliphatic rings. The third-order valence-electron chi connectivity index (χ3n) is 6.00. The molecule has 11 heteroatoms. The maximum Gasteiger partial charge on any atom is 0.264 e. The van der Waals surface area contributed by atoms with Gasteiger partial charge in [-0.3, -0.25) is 9.10 Å². The zero-order valence-electron chi connectivity index (χ0n) is 22.0. The number of carbonyl (C=O) groups excluding carboxylic acids is 1. The summed E-state index contributed by atoms with van der Waals surface area (Å²) in [5.74, 6) is 0.0880. The summed E-state index contributed by atoms with van der Waals surface area (Å²) in [6.45, 7) is 3.18. The first-order valence-electron chi connectivity index (χ1n) is 11.8. The number of hydrogen-bond donors (Lipinski definition) is 1. The Morgan fingerprint density at radius 3 is 2.03 bits per heavy atom. The highest BCUT2D eigenvalue weighted by atomic mass is 32.2. The lowest BCUT2D eigenvalue weighted by molar-refractivity contribution is -0.120. The standard InChI is InChI=1S/C27H32N2O7S2/c1-6-24(20-9-14-22(15-10-20)37(5,31)32)28-27(30)18-29(25-17-21(35-3)11-16-26(25)36-4)38(33,34)23-12-7-19(2)8-13-23/h7-17,24H,6,18H2,1-5H3,(H,28,30). The third-order valence-corrected chi connectivity index (χ3v) is 8.91. The first-order valence-corrected chi connectivity index (χ1v) is 15.1. The fourth-order valence-electron chi connectivity index (χ4n) is 3.87. The van der Waals surface area contributed by atoms with Gasteiger partial charge >= 0.3 is 0 Å². The highest BCUT2D eigenvalue weighted by molar-refractivity contribution is 7.93. The van der Waals surface area contributed by atoms with Crippen LogP contribution in [-0.2, 0) is 24.7 Å². The second-order valence-corrected chi connectivity index (χ2v) is 12.6. The molecular weight excluding hydrogens is 528 g/mol. The van der Waals surface area contributed by atoms with Gasteiger partial charge in [0.15, 0.2) is 9.84 Å². The molecule has 0 aromatic heterocycles. The Balaban J connectivity index is 1.99. The average Bonchev–Trinajstić information content (AvgIpc) is 2.89. The molecule has 3 aromatic carbocycles. The Labute approximate surface area is 224 Å². The van der Waals surface area contributed by atoms with Gasteiger partial charge in [0.05, 0.1) is 35.7 Å². The fourth-order valence-corrected chi connectivity index (χ4v) is 5.92. The number of ether oxygens (including phenoxy) is 2. The van der Waals surface area contributed by atoms with Crippen LogP contribution in [0.1, 0.15) is 30.5 Å². The smallest absolute Gasteiger partial charge is 0.264 e. The number of sulfonamides is 1. The van der Waals surface area contributed by atoms with E-state index < -0.39 is 38.4 Å². The van der Waals surface area contributed by atoms with E-state index in [1.54, 1.807) is 36.4 Å². The third kappa shape index (κ3) is 6.65. The molecule has 0 heterocycles. The number of anilines is 1. The summed E-state index contributed by atoms with van der Waals surface area (Å²) in [7, 11) is -4.68. The van der Waals surface area contributed by atoms with Crippen LogP contribution in [0.3, 0.4) is 0 Å². The molecule has 9 nitrogen and oxygen atoms in total. The number of sulfone groups is 1. The number of hydrogen-bond acceptors (Lipinski definition) is 7. The normalized spacial score (nSPS) is 12.4. The highest BCUT2D eigenvalue weighted by Gasteiger charge is 2.30. The fraction of sp³-hybridized carbons (Fsp3) is 0.296. The van der Waals surface area contributed by atoms with Gasteiger partial charge in [0.2, 0.25) is 5.91 Å². The van der Waals surface area contributed by atoms with Gasteiger partial charge in [0.25, 0.3) is 10.0 Å². The minimum atomic E-state index is -4.18. The first-order chi connectivity index (χ1) is 17.9. The lowest BCUT2D eigenvalue weighted by atomic mass is 10.0. The van der Waals surface area contributed by atoms with E-state index in [4.69, 9.17) is 9.47 Å². The topological polar surface area (TPSA) is 119 Å². The molecule has 0 saturated carbocycles. The molecule has 1 N–H and O–H groups in total. The summed E-state index contributed by atoms with van der Waals surface area (Å²) in [5, 5.41) is 2.87. The van der Waals surface area contributed by atoms with Crippen LogP contribution in [0.25, 0.3) is 0 Å². The second kappa shape index (κ2) is 11.9. The van der Waals surface area contributed by atoms with Gasteiger partial charge in [0.1, 0.15) is 18.0 Å². The van der Waals surface area contributed by atoms with E-state index >= 15 is 0 Å². The maximum absolute atomic E-state index is 13.8. The molecule has 204 valence electrons. The van der Waals surface area contributed by atoms with Crippen molar-refractivity contribution in [3.63, 3.8) is 0 Å². The van der Waals surface area contributed by atoms with Crippen molar-refractivity contribution >= 4 is 31.5 Å². The van der Waals surface area contributed by atoms with Crippen LogP contribution < -0.4 is 19.1 Å². The minimum absolute atomic E-state index is 0.0178. The van der Waals surface area contributed by atoms with Crippen molar-refractivity contribution < 1.29 is 31.1 Å². The van der Waals surface area contributed by atoms with Gasteiger partial charge in [-0.25, -0.2) is 16.8 Å². The van der Waals surface area contributed by atoms with Crippen LogP contribution in [0.2, 0.25) is 0 Å². The van der Waals surface area contributed by atoms with Crippen molar-refractivity contribution in [2.24, 2.45) is 0 Å². The Hall–Kier alpha value is -3.57. The summed E-state index contributed by atoms with van der Waals surface area (Å²) < 4.78 is 62.9. The van der Waals surface area contributed by atoms with Crippen molar-refractivity contribution in [1.29, 1.82) is 0 Å². The van der Waals surface area contributed by atoms with Crippen LogP contribution in [-0.4, -0.2) is 49.8 Å². The molecule has 0 aliphatic carbocycles. The number of carbonyl (C=O) groups is 1. The van der Waals surface area contributed by atoms with E-state index in [0.29, 0.717) is 17.7 Å². The Morgan fingerprint density at radius 1 is 0.895 bits per heavy atom. The van der Waals surface area contributed by atoms with Crippen molar-refractivity contribution in [2.75, 3.05) is 31.3 Å². The Kier molecular flexibility index (Phi) is 9.05. The quantitative estimate of drug-likeness (QED) is 0.378. The van der Waals surface area contributed by atoms with E-state index in [9.17, 15) is 21.6 Å². The zero-order chi connectivity index (χ0) is 28.1. The predicted octanol–water partition coefficient (Wildman–Crippen LogP) is 3.88. The van der Waals surface area contributed by atoms with Gasteiger partial charge in [-0.2, -0.15) is 0 Å². The number of amides is 1. The number of aryl methyl sites for hydroxylation is 1. The maximum atomic E-state index is 13.8. The highest BCUT2D eigenvalue weighted by Crippen LogP contribution is 2.35. The number of benzene rings is 3. The summed E-state index contributed by atoms with van der Waals surface area (Å²) in [5.41, 5.74) is 1.73. The van der Waals surface area contributed by atoms with Crippen LogP contribution in [0, 0.1) is 6.92 Å². The first kappa shape index (κ1) is 29.0. The SMILES string of the molecule is CCC(NC(=O)CN(c1cc(OC)ccc1OC)S(=O)(=O)c1ccc(C)cc1)c1ccc(S(C)(=O)=O)cc1. The predicted molar refractivity (Wildman–Crippen MR) is 146 cm³/mol. The van der Waals surface area contributed by atoms with E-state index in [1.807, 2.05) is 13.8 Å². The molecule has 1 unspecified atom stereocenters. The molecule has 1 amide bonds. The molecule has 0 bridgehead atoms. The second-order valence-electron chi connectivity index (χ2n) is 8.73. The lowest BCUT2D eigenvalue weighted by Gasteiger charge is -2.27. The van der Waals surface area contributed by atoms with Crippen LogP contribution in [0.4, 0.5) is 5.69 Å². The van der Waals surface area contributed by atoms with Gasteiger partial charge in [-0.05, 0) is 55.3 Å². The molecule has 0 saturated heterocycles. The van der Waals surface area contributed by atoms with E-state index in [2.05, 4.69) is 5.32 Å². The van der Waals surface area contributed by atoms with Gasteiger partial charge in [-0.15, -0.1) is 0 Å². The van der Waals surface area contributed by atoms with Crippen molar-refractivity contribution in [2.45, 2.75) is 36.1 Å². The summed E-state index contributed by atoms with van der Waals surface area (Å²) in [4.78, 5) is 13.5. The number of methoxy groups -OCH3 is 2. The van der Waals surface area contributed by atoms with Crippen LogP contribution in [0.5, 0.6) is 11.5 Å². The number of nitrogens with zero attached hydrogens (tertiary/aromatic N) is 1. The molecule has 0 fully saturated rings. The van der Waals surface area contributed by atoms with Crippen molar-refractivity contribution in [3.8, 4) is 11.5 Å². The molecule has 0 spiro atoms. The molecule has 0 radical (unpaired) electrons. The molecular formula is C27H32N2O7S2. The van der Waals surface area contributed by atoms with E-state index in [-0.39, 0.29) is 21.2 Å². The van der Waals surface area contributed by atoms with Gasteiger partial charge < -0.3 is 14.8 Å². The zero-order valence-corrected chi connectivity index (χ0v) is 23.6. The van der Waals surface area contributed by atoms with Crippen molar-refractivity contribution in [1.82, 2.24) is 5.32 Å². The number of nitrogens with one attached hydrogen (secondary N) is 1. The Bertz CT molecular complexity index is 1490. The average molecular weight is 561 g/mol. The summed E-state index contributed by atoms with van der Waals surface area (Å²) in [6, 6.07) is 16.8. The summed E-state index contributed by atoms with van der Waals surface area (Å²) >= 11 is 0. The number of rotatable bonds is 11. The molecule has 3 aromatic rings.